The summed E-state index contributed by atoms with van der Waals surface area (Å²) in [5.41, 5.74) is 4.36. The number of carbonyl (C=O) groups is 1. The number of nitrogens with zero attached hydrogens (tertiary/aromatic N) is 5. The molecule has 3 saturated carbocycles. The van der Waals surface area contributed by atoms with Crippen LogP contribution in [0, 0.1) is 22.9 Å². The normalized spacial score (nSPS) is 19.4. The molecule has 3 aliphatic rings. The smallest absolute Gasteiger partial charge is 0.311 e. The lowest BCUT2D eigenvalue weighted by Gasteiger charge is -2.47. The number of halogens is 2. The minimum atomic E-state index is -0.910. The van der Waals surface area contributed by atoms with Gasteiger partial charge in [-0.3, -0.25) is 4.79 Å². The van der Waals surface area contributed by atoms with Crippen LogP contribution in [0.25, 0.3) is 33.1 Å². The first-order valence-corrected chi connectivity index (χ1v) is 19.9. The van der Waals surface area contributed by atoms with Gasteiger partial charge in [0.2, 0.25) is 0 Å². The lowest BCUT2D eigenvalue weighted by molar-refractivity contribution is -0.154. The van der Waals surface area contributed by atoms with E-state index in [2.05, 4.69) is 46.3 Å². The van der Waals surface area contributed by atoms with Crippen LogP contribution in [0.3, 0.4) is 0 Å². The van der Waals surface area contributed by atoms with Gasteiger partial charge in [-0.05, 0) is 73.3 Å². The van der Waals surface area contributed by atoms with Crippen molar-refractivity contribution < 1.29 is 13.9 Å². The largest absolute Gasteiger partial charge is 0.466 e. The van der Waals surface area contributed by atoms with Crippen molar-refractivity contribution in [2.45, 2.75) is 44.2 Å². The molecule has 2 atom stereocenters. The Kier molecular flexibility index (Phi) is 9.40. The summed E-state index contributed by atoms with van der Waals surface area (Å²) in [5, 5.41) is 3.60. The van der Waals surface area contributed by atoms with Crippen molar-refractivity contribution in [3.05, 3.63) is 149 Å². The molecule has 7 aromatic rings. The fraction of sp³-hybridized carbons (Fsp3) is 0.250. The maximum Gasteiger partial charge on any atom is 0.311 e. The molecule has 0 aliphatic heterocycles. The third-order valence-electron chi connectivity index (χ3n) is 11.3. The lowest BCUT2D eigenvalue weighted by atomic mass is 9.61. The molecule has 1 N–H and O–H groups in total. The zero-order chi connectivity index (χ0) is 37.5. The van der Waals surface area contributed by atoms with Crippen molar-refractivity contribution in [2.24, 2.45) is 17.8 Å². The van der Waals surface area contributed by atoms with E-state index in [-0.39, 0.29) is 40.0 Å². The Bertz CT molecular complexity index is 2370. The quantitative estimate of drug-likeness (QED) is 0.109. The van der Waals surface area contributed by atoms with Gasteiger partial charge in [0.25, 0.3) is 0 Å². The third-order valence-corrected chi connectivity index (χ3v) is 12.4. The summed E-state index contributed by atoms with van der Waals surface area (Å²) >= 11 is 7.65. The van der Waals surface area contributed by atoms with Crippen LogP contribution >= 0.6 is 22.9 Å². The van der Waals surface area contributed by atoms with E-state index in [1.54, 1.807) is 12.3 Å². The van der Waals surface area contributed by atoms with Crippen molar-refractivity contribution in [1.29, 1.82) is 0 Å². The molecule has 2 bridgehead atoms. The molecule has 3 aliphatic carbocycles. The summed E-state index contributed by atoms with van der Waals surface area (Å²) in [4.78, 5) is 34.1. The molecule has 11 heteroatoms. The number of carbonyl (C=O) groups excluding carboxylic acids is 1. The lowest BCUT2D eigenvalue weighted by Crippen LogP contribution is -2.52. The predicted molar refractivity (Wildman–Crippen MR) is 214 cm³/mol. The van der Waals surface area contributed by atoms with Gasteiger partial charge in [-0.15, -0.1) is 11.3 Å². The monoisotopic (exact) mass is 768 g/mol. The Hall–Kier alpha value is -5.45. The van der Waals surface area contributed by atoms with E-state index in [1.165, 1.54) is 6.07 Å². The van der Waals surface area contributed by atoms with Gasteiger partial charge in [0.05, 0.1) is 34.9 Å². The molecule has 0 amide bonds. The van der Waals surface area contributed by atoms with Crippen LogP contribution in [0.15, 0.2) is 122 Å². The number of thiophene rings is 1. The Balaban J connectivity index is 1.28. The molecule has 0 unspecified atom stereocenters. The number of aromatic nitrogens is 5. The predicted octanol–water partition coefficient (Wildman–Crippen LogP) is 10.0. The van der Waals surface area contributed by atoms with Crippen molar-refractivity contribution in [3.63, 3.8) is 0 Å². The van der Waals surface area contributed by atoms with Crippen LogP contribution in [-0.2, 0) is 15.1 Å². The fourth-order valence-electron chi connectivity index (χ4n) is 8.97. The number of rotatable bonds is 10. The summed E-state index contributed by atoms with van der Waals surface area (Å²) in [6.07, 6.45) is 7.64. The Labute approximate surface area is 327 Å². The number of nitrogens with one attached hydrogen (secondary N) is 1. The minimum absolute atomic E-state index is 0.167. The topological polar surface area (TPSA) is 94.8 Å². The number of esters is 1. The molecule has 55 heavy (non-hydrogen) atoms. The number of benzene rings is 3. The minimum Gasteiger partial charge on any atom is -0.466 e. The number of fused-ring (bicyclic) bond motifs is 4. The standard InChI is InChI=1S/C44H38ClFN6O2S/c1-2-54-43(53)38-27-18-20-28(21-19-27)39(38)50-37-24-33(34-22-23-36(46)55-34)48-41(51-37)32-26-52(42-40(32)49-35(45)25-47-42)44(29-12-6-3-7-13-29,30-14-8-4-9-15-30)31-16-10-5-11-17-31/h3-17,22-28,38-39H,2,18-21H2,1H3,(H,48,50,51)/t27?,28?,38-,39-/m0/s1. The van der Waals surface area contributed by atoms with Crippen LogP contribution in [0.4, 0.5) is 10.2 Å². The van der Waals surface area contributed by atoms with Crippen molar-refractivity contribution in [3.8, 4) is 22.0 Å². The molecule has 4 aromatic heterocycles. The number of anilines is 1. The second-order valence-corrected chi connectivity index (χ2v) is 15.7. The first-order chi connectivity index (χ1) is 26.9. The van der Waals surface area contributed by atoms with Crippen molar-refractivity contribution >= 4 is 45.9 Å². The van der Waals surface area contributed by atoms with E-state index in [1.807, 2.05) is 73.8 Å². The number of hydrogen-bond acceptors (Lipinski definition) is 8. The summed E-state index contributed by atoms with van der Waals surface area (Å²) < 4.78 is 22.3. The average molecular weight is 769 g/mol. The highest BCUT2D eigenvalue weighted by molar-refractivity contribution is 7.13. The molecule has 3 fully saturated rings. The highest BCUT2D eigenvalue weighted by atomic mass is 35.5. The van der Waals surface area contributed by atoms with E-state index in [0.29, 0.717) is 45.5 Å². The van der Waals surface area contributed by atoms with Gasteiger partial charge in [-0.2, -0.15) is 4.39 Å². The van der Waals surface area contributed by atoms with Crippen LogP contribution in [0.2, 0.25) is 5.15 Å². The SMILES string of the molecule is CCOC(=O)[C@H]1C2CCC(CC2)[C@@H]1Nc1cc(-c2ccc(F)s2)nc(-c2cn(C(c3ccccc3)(c3ccccc3)c3ccccc3)c3ncc(Cl)nc23)n1. The second kappa shape index (κ2) is 14.7. The molecule has 8 nitrogen and oxygen atoms in total. The summed E-state index contributed by atoms with van der Waals surface area (Å²) in [6.45, 7) is 2.17. The zero-order valence-corrected chi connectivity index (χ0v) is 31.7. The van der Waals surface area contributed by atoms with Gasteiger partial charge < -0.3 is 14.6 Å². The van der Waals surface area contributed by atoms with E-state index >= 15 is 0 Å². The molecule has 0 spiro atoms. The molecule has 4 heterocycles. The van der Waals surface area contributed by atoms with Crippen molar-refractivity contribution in [1.82, 2.24) is 24.5 Å². The molecule has 3 aromatic carbocycles. The number of ether oxygens (including phenoxy) is 1. The van der Waals surface area contributed by atoms with Crippen molar-refractivity contribution in [2.75, 3.05) is 11.9 Å². The van der Waals surface area contributed by atoms with E-state index < -0.39 is 5.54 Å². The average Bonchev–Trinajstić information content (AvgIpc) is 3.83. The van der Waals surface area contributed by atoms with E-state index in [9.17, 15) is 9.18 Å². The van der Waals surface area contributed by atoms with E-state index in [4.69, 9.17) is 36.3 Å². The van der Waals surface area contributed by atoms with E-state index in [0.717, 1.165) is 53.7 Å². The summed E-state index contributed by atoms with van der Waals surface area (Å²) in [7, 11) is 0. The number of hydrogen-bond donors (Lipinski definition) is 1. The second-order valence-electron chi connectivity index (χ2n) is 14.3. The van der Waals surface area contributed by atoms with Gasteiger partial charge >= 0.3 is 5.97 Å². The molecule has 10 rings (SSSR count). The molecular formula is C44H38ClFN6O2S. The maximum absolute atomic E-state index is 14.6. The third kappa shape index (κ3) is 6.27. The van der Waals surface area contributed by atoms with Gasteiger partial charge in [-0.25, -0.2) is 19.9 Å². The molecule has 0 radical (unpaired) electrons. The summed E-state index contributed by atoms with van der Waals surface area (Å²) in [5.74, 6) is 0.976. The highest BCUT2D eigenvalue weighted by Crippen LogP contribution is 2.48. The zero-order valence-electron chi connectivity index (χ0n) is 30.1. The van der Waals surface area contributed by atoms with Crippen LogP contribution < -0.4 is 5.32 Å². The first-order valence-electron chi connectivity index (χ1n) is 18.7. The van der Waals surface area contributed by atoms with Crippen LogP contribution in [0.5, 0.6) is 0 Å². The first kappa shape index (κ1) is 35.3. The highest BCUT2D eigenvalue weighted by Gasteiger charge is 2.48. The fourth-order valence-corrected chi connectivity index (χ4v) is 9.79. The molecule has 276 valence electrons. The van der Waals surface area contributed by atoms with Gasteiger partial charge in [-0.1, -0.05) is 103 Å². The van der Waals surface area contributed by atoms with Gasteiger partial charge in [0.15, 0.2) is 16.6 Å². The Morgan fingerprint density at radius 3 is 2.07 bits per heavy atom. The molecule has 0 saturated heterocycles. The van der Waals surface area contributed by atoms with Gasteiger partial charge in [0.1, 0.15) is 22.0 Å². The molecular weight excluding hydrogens is 731 g/mol. The Morgan fingerprint density at radius 2 is 1.49 bits per heavy atom. The van der Waals surface area contributed by atoms with Crippen LogP contribution in [-0.4, -0.2) is 43.1 Å². The Morgan fingerprint density at radius 1 is 0.873 bits per heavy atom. The van der Waals surface area contributed by atoms with Crippen LogP contribution in [0.1, 0.15) is 49.3 Å². The maximum atomic E-state index is 14.6. The van der Waals surface area contributed by atoms with Gasteiger partial charge in [0, 0.05) is 18.3 Å². The summed E-state index contributed by atoms with van der Waals surface area (Å²) in [6, 6.07) is 35.8.